The molecule has 2 fully saturated rings. The number of piperidine rings is 1. The minimum absolute atomic E-state index is 0.00326. The Labute approximate surface area is 122 Å². The van der Waals surface area contributed by atoms with Gasteiger partial charge in [0.2, 0.25) is 0 Å². The number of hydrogen-bond donors (Lipinski definition) is 1. The van der Waals surface area contributed by atoms with Crippen LogP contribution in [0.25, 0.3) is 0 Å². The summed E-state index contributed by atoms with van der Waals surface area (Å²) in [6, 6.07) is 0.00326. The van der Waals surface area contributed by atoms with Crippen LogP contribution in [-0.2, 0) is 0 Å². The van der Waals surface area contributed by atoms with Crippen LogP contribution in [0.4, 0.5) is 4.79 Å². The van der Waals surface area contributed by atoms with Gasteiger partial charge < -0.3 is 15.1 Å². The van der Waals surface area contributed by atoms with Gasteiger partial charge in [-0.05, 0) is 44.7 Å². The van der Waals surface area contributed by atoms with Gasteiger partial charge in [0.25, 0.3) is 0 Å². The highest BCUT2D eigenvalue weighted by atomic mass is 16.2. The van der Waals surface area contributed by atoms with Gasteiger partial charge in [0.05, 0.1) is 6.54 Å². The summed E-state index contributed by atoms with van der Waals surface area (Å²) >= 11 is 0. The Kier molecular flexibility index (Phi) is 6.20. The molecule has 0 aromatic rings. The number of nitrogens with one attached hydrogen (secondary N) is 1. The number of urea groups is 1. The molecule has 0 spiro atoms. The molecule has 0 aliphatic carbocycles. The first-order chi connectivity index (χ1) is 9.79. The lowest BCUT2D eigenvalue weighted by Crippen LogP contribution is -2.47. The average Bonchev–Trinajstić information content (AvgIpc) is 2.73. The van der Waals surface area contributed by atoms with Crippen LogP contribution in [0, 0.1) is 18.3 Å². The number of terminal acetylenes is 1. The lowest BCUT2D eigenvalue weighted by molar-refractivity contribution is 0.141. The molecule has 4 heteroatoms. The summed E-state index contributed by atoms with van der Waals surface area (Å²) in [7, 11) is 0. The van der Waals surface area contributed by atoms with Gasteiger partial charge in [-0.15, -0.1) is 6.42 Å². The van der Waals surface area contributed by atoms with Gasteiger partial charge >= 0.3 is 6.03 Å². The highest BCUT2D eigenvalue weighted by Gasteiger charge is 2.25. The van der Waals surface area contributed by atoms with Crippen LogP contribution in [0.5, 0.6) is 0 Å². The molecule has 4 nitrogen and oxygen atoms in total. The number of hydrogen-bond acceptors (Lipinski definition) is 2. The quantitative estimate of drug-likeness (QED) is 0.800. The van der Waals surface area contributed by atoms with Gasteiger partial charge in [0.15, 0.2) is 0 Å². The Hall–Kier alpha value is -1.21. The Morgan fingerprint density at radius 2 is 1.90 bits per heavy atom. The van der Waals surface area contributed by atoms with Crippen LogP contribution in [0.15, 0.2) is 0 Å². The monoisotopic (exact) mass is 277 g/mol. The first-order valence-electron chi connectivity index (χ1n) is 7.98. The molecule has 2 aliphatic heterocycles. The third-order valence-corrected chi connectivity index (χ3v) is 4.36. The zero-order valence-electron chi connectivity index (χ0n) is 12.4. The standard InChI is InChI=1S/C16H27N3O/c1-2-9-17-16(20)19-12-7-8-15(14-19)13-18-10-5-3-4-6-11-18/h1,15H,3-14H2,(H,17,20). The number of carbonyl (C=O) groups excluding carboxylic acids is 1. The molecule has 0 saturated carbocycles. The van der Waals surface area contributed by atoms with E-state index in [1.165, 1.54) is 45.2 Å². The molecule has 1 N–H and O–H groups in total. The molecule has 1 atom stereocenters. The molecule has 2 rings (SSSR count). The topological polar surface area (TPSA) is 35.6 Å². The van der Waals surface area contributed by atoms with Crippen molar-refractivity contribution in [3.05, 3.63) is 0 Å². The summed E-state index contributed by atoms with van der Waals surface area (Å²) in [6.45, 7) is 5.70. The molecule has 2 aliphatic rings. The Morgan fingerprint density at radius 3 is 2.60 bits per heavy atom. The second-order valence-electron chi connectivity index (χ2n) is 6.03. The fourth-order valence-corrected chi connectivity index (χ4v) is 3.32. The van der Waals surface area contributed by atoms with Crippen molar-refractivity contribution >= 4 is 6.03 Å². The van der Waals surface area contributed by atoms with Gasteiger partial charge in [-0.3, -0.25) is 0 Å². The predicted octanol–water partition coefficient (Wildman–Crippen LogP) is 1.92. The van der Waals surface area contributed by atoms with E-state index in [2.05, 4.69) is 16.1 Å². The summed E-state index contributed by atoms with van der Waals surface area (Å²) in [5, 5.41) is 2.77. The van der Waals surface area contributed by atoms with Crippen LogP contribution in [0.2, 0.25) is 0 Å². The van der Waals surface area contributed by atoms with E-state index in [4.69, 9.17) is 6.42 Å². The van der Waals surface area contributed by atoms with E-state index < -0.39 is 0 Å². The molecule has 0 bridgehead atoms. The van der Waals surface area contributed by atoms with Crippen LogP contribution in [-0.4, -0.2) is 55.1 Å². The molecule has 2 amide bonds. The van der Waals surface area contributed by atoms with Crippen molar-refractivity contribution in [3.63, 3.8) is 0 Å². The molecular weight excluding hydrogens is 250 g/mol. The Bertz CT molecular complexity index is 342. The van der Waals surface area contributed by atoms with Crippen molar-refractivity contribution in [1.82, 2.24) is 15.1 Å². The van der Waals surface area contributed by atoms with Crippen molar-refractivity contribution in [2.45, 2.75) is 38.5 Å². The SMILES string of the molecule is C#CCNC(=O)N1CCCC(CN2CCCCCC2)C1. The summed E-state index contributed by atoms with van der Waals surface area (Å²) in [5.41, 5.74) is 0. The summed E-state index contributed by atoms with van der Waals surface area (Å²) in [4.78, 5) is 16.5. The number of rotatable bonds is 3. The lowest BCUT2D eigenvalue weighted by atomic mass is 9.97. The van der Waals surface area contributed by atoms with E-state index in [9.17, 15) is 4.79 Å². The summed E-state index contributed by atoms with van der Waals surface area (Å²) < 4.78 is 0. The van der Waals surface area contributed by atoms with Crippen molar-refractivity contribution in [1.29, 1.82) is 0 Å². The minimum atomic E-state index is 0.00326. The second kappa shape index (κ2) is 8.16. The number of likely N-dealkylation sites (tertiary alicyclic amines) is 2. The largest absolute Gasteiger partial charge is 0.327 e. The molecule has 2 saturated heterocycles. The predicted molar refractivity (Wildman–Crippen MR) is 81.4 cm³/mol. The molecule has 20 heavy (non-hydrogen) atoms. The zero-order valence-corrected chi connectivity index (χ0v) is 12.4. The number of amides is 2. The molecule has 0 aromatic heterocycles. The number of nitrogens with zero attached hydrogens (tertiary/aromatic N) is 2. The van der Waals surface area contributed by atoms with Crippen molar-refractivity contribution in [3.8, 4) is 12.3 Å². The van der Waals surface area contributed by atoms with E-state index in [-0.39, 0.29) is 6.03 Å². The van der Waals surface area contributed by atoms with Gasteiger partial charge in [0.1, 0.15) is 0 Å². The van der Waals surface area contributed by atoms with E-state index in [1.54, 1.807) is 0 Å². The fourth-order valence-electron chi connectivity index (χ4n) is 3.32. The van der Waals surface area contributed by atoms with Crippen LogP contribution < -0.4 is 5.32 Å². The molecular formula is C16H27N3O. The van der Waals surface area contributed by atoms with E-state index in [1.807, 2.05) is 4.90 Å². The van der Waals surface area contributed by atoms with Crippen molar-refractivity contribution in [2.24, 2.45) is 5.92 Å². The van der Waals surface area contributed by atoms with Crippen molar-refractivity contribution in [2.75, 3.05) is 39.3 Å². The average molecular weight is 277 g/mol. The van der Waals surface area contributed by atoms with Crippen molar-refractivity contribution < 1.29 is 4.79 Å². The normalized spacial score (nSPS) is 24.8. The third-order valence-electron chi connectivity index (χ3n) is 4.36. The lowest BCUT2D eigenvalue weighted by Gasteiger charge is -2.35. The van der Waals surface area contributed by atoms with Crippen LogP contribution in [0.3, 0.4) is 0 Å². The third kappa shape index (κ3) is 4.72. The molecule has 0 aromatic carbocycles. The van der Waals surface area contributed by atoms with E-state index >= 15 is 0 Å². The molecule has 112 valence electrons. The maximum Gasteiger partial charge on any atom is 0.318 e. The number of carbonyl (C=O) groups is 1. The second-order valence-corrected chi connectivity index (χ2v) is 6.03. The smallest absolute Gasteiger partial charge is 0.318 e. The molecule has 1 unspecified atom stereocenters. The van der Waals surface area contributed by atoms with E-state index in [0.717, 1.165) is 26.1 Å². The minimum Gasteiger partial charge on any atom is -0.327 e. The summed E-state index contributed by atoms with van der Waals surface area (Å²) in [5.74, 6) is 3.08. The van der Waals surface area contributed by atoms with Gasteiger partial charge in [-0.2, -0.15) is 0 Å². The highest BCUT2D eigenvalue weighted by molar-refractivity contribution is 5.74. The van der Waals surface area contributed by atoms with Crippen LogP contribution >= 0.6 is 0 Å². The molecule has 0 radical (unpaired) electrons. The summed E-state index contributed by atoms with van der Waals surface area (Å²) in [6.07, 6.45) is 13.0. The van der Waals surface area contributed by atoms with Gasteiger partial charge in [0, 0.05) is 19.6 Å². The Morgan fingerprint density at radius 1 is 1.15 bits per heavy atom. The first kappa shape index (κ1) is 15.2. The first-order valence-corrected chi connectivity index (χ1v) is 7.98. The van der Waals surface area contributed by atoms with Gasteiger partial charge in [-0.25, -0.2) is 4.79 Å². The maximum atomic E-state index is 12.0. The Balaban J connectivity index is 1.77. The fraction of sp³-hybridized carbons (Fsp3) is 0.812. The maximum absolute atomic E-state index is 12.0. The van der Waals surface area contributed by atoms with E-state index in [0.29, 0.717) is 12.5 Å². The molecule has 2 heterocycles. The zero-order chi connectivity index (χ0) is 14.2. The van der Waals surface area contributed by atoms with Crippen LogP contribution in [0.1, 0.15) is 38.5 Å². The van der Waals surface area contributed by atoms with Gasteiger partial charge in [-0.1, -0.05) is 18.8 Å². The highest BCUT2D eigenvalue weighted by Crippen LogP contribution is 2.19.